The monoisotopic (exact) mass is 237 g/mol. The maximum absolute atomic E-state index is 13.3. The normalized spacial score (nSPS) is 20.2. The van der Waals surface area contributed by atoms with Crippen LogP contribution in [0.2, 0.25) is 0 Å². The van der Waals surface area contributed by atoms with E-state index < -0.39 is 0 Å². The Hall–Kier alpha value is -1.09. The molecule has 1 aliphatic heterocycles. The Morgan fingerprint density at radius 3 is 3.06 bits per heavy atom. The van der Waals surface area contributed by atoms with Crippen LogP contribution in [0.1, 0.15) is 24.8 Å². The van der Waals surface area contributed by atoms with Crippen LogP contribution in [0.3, 0.4) is 0 Å². The maximum Gasteiger partial charge on any atom is 0.129 e. The number of aryl methyl sites for hydroxylation is 1. The molecule has 0 aliphatic carbocycles. The van der Waals surface area contributed by atoms with Crippen LogP contribution in [0.4, 0.5) is 4.39 Å². The van der Waals surface area contributed by atoms with Crippen LogP contribution in [0.5, 0.6) is 5.75 Å². The molecule has 1 atom stereocenters. The number of halogens is 1. The summed E-state index contributed by atoms with van der Waals surface area (Å²) in [5.41, 5.74) is 0.661. The van der Waals surface area contributed by atoms with E-state index in [-0.39, 0.29) is 5.82 Å². The largest absolute Gasteiger partial charge is 0.493 e. The maximum atomic E-state index is 13.3. The van der Waals surface area contributed by atoms with E-state index >= 15 is 0 Å². The lowest BCUT2D eigenvalue weighted by atomic mass is 9.97. The SMILES string of the molecule is Cc1ccc(OCCC2CCCNC2)cc1F. The number of rotatable bonds is 4. The highest BCUT2D eigenvalue weighted by atomic mass is 19.1. The molecule has 0 amide bonds. The average Bonchev–Trinajstić information content (AvgIpc) is 2.35. The van der Waals surface area contributed by atoms with Gasteiger partial charge < -0.3 is 10.1 Å². The number of ether oxygens (including phenoxy) is 1. The third kappa shape index (κ3) is 3.70. The highest BCUT2D eigenvalue weighted by Gasteiger charge is 2.12. The summed E-state index contributed by atoms with van der Waals surface area (Å²) in [7, 11) is 0. The van der Waals surface area contributed by atoms with Crippen LogP contribution in [0.25, 0.3) is 0 Å². The van der Waals surface area contributed by atoms with E-state index in [1.165, 1.54) is 18.9 Å². The third-order valence-corrected chi connectivity index (χ3v) is 3.34. The lowest BCUT2D eigenvalue weighted by Crippen LogP contribution is -2.30. The van der Waals surface area contributed by atoms with Gasteiger partial charge in [-0.15, -0.1) is 0 Å². The molecule has 1 unspecified atom stereocenters. The topological polar surface area (TPSA) is 21.3 Å². The molecular weight excluding hydrogens is 217 g/mol. The van der Waals surface area contributed by atoms with Crippen LogP contribution in [-0.4, -0.2) is 19.7 Å². The molecular formula is C14H20FNO. The van der Waals surface area contributed by atoms with Crippen LogP contribution >= 0.6 is 0 Å². The van der Waals surface area contributed by atoms with Gasteiger partial charge in [-0.1, -0.05) is 6.07 Å². The highest BCUT2D eigenvalue weighted by Crippen LogP contribution is 2.18. The summed E-state index contributed by atoms with van der Waals surface area (Å²) in [5, 5.41) is 3.38. The van der Waals surface area contributed by atoms with Gasteiger partial charge >= 0.3 is 0 Å². The zero-order valence-electron chi connectivity index (χ0n) is 10.3. The van der Waals surface area contributed by atoms with Gasteiger partial charge in [-0.3, -0.25) is 0 Å². The Bertz CT molecular complexity index is 361. The molecule has 0 aromatic heterocycles. The molecule has 1 aromatic rings. The summed E-state index contributed by atoms with van der Waals surface area (Å²) < 4.78 is 18.8. The fourth-order valence-corrected chi connectivity index (χ4v) is 2.18. The third-order valence-electron chi connectivity index (χ3n) is 3.34. The lowest BCUT2D eigenvalue weighted by Gasteiger charge is -2.22. The number of piperidine rings is 1. The first-order chi connectivity index (χ1) is 8.25. The first-order valence-electron chi connectivity index (χ1n) is 6.35. The van der Waals surface area contributed by atoms with Crippen molar-refractivity contribution in [3.8, 4) is 5.75 Å². The van der Waals surface area contributed by atoms with Gasteiger partial charge in [-0.2, -0.15) is 0 Å². The predicted octanol–water partition coefficient (Wildman–Crippen LogP) is 2.90. The molecule has 2 rings (SSSR count). The van der Waals surface area contributed by atoms with Gasteiger partial charge in [-0.25, -0.2) is 4.39 Å². The Labute approximate surface area is 102 Å². The number of hydrogen-bond acceptors (Lipinski definition) is 2. The fourth-order valence-electron chi connectivity index (χ4n) is 2.18. The van der Waals surface area contributed by atoms with Crippen molar-refractivity contribution in [1.82, 2.24) is 5.32 Å². The minimum Gasteiger partial charge on any atom is -0.493 e. The molecule has 3 heteroatoms. The molecule has 2 nitrogen and oxygen atoms in total. The van der Waals surface area contributed by atoms with Crippen molar-refractivity contribution in [1.29, 1.82) is 0 Å². The predicted molar refractivity (Wildman–Crippen MR) is 66.8 cm³/mol. The second-order valence-corrected chi connectivity index (χ2v) is 4.76. The molecule has 1 aliphatic rings. The van der Waals surface area contributed by atoms with E-state index in [1.807, 2.05) is 6.07 Å². The fraction of sp³-hybridized carbons (Fsp3) is 0.571. The molecule has 1 saturated heterocycles. The second kappa shape index (κ2) is 6.01. The van der Waals surface area contributed by atoms with Gasteiger partial charge in [0.25, 0.3) is 0 Å². The van der Waals surface area contributed by atoms with Crippen molar-refractivity contribution in [2.24, 2.45) is 5.92 Å². The Kier molecular flexibility index (Phi) is 4.37. The molecule has 1 aromatic carbocycles. The standard InChI is InChI=1S/C14H20FNO/c1-11-4-5-13(9-14(11)15)17-8-6-12-3-2-7-16-10-12/h4-5,9,12,16H,2-3,6-8,10H2,1H3. The Morgan fingerprint density at radius 1 is 1.47 bits per heavy atom. The van der Waals surface area contributed by atoms with Crippen molar-refractivity contribution in [3.63, 3.8) is 0 Å². The lowest BCUT2D eigenvalue weighted by molar-refractivity contribution is 0.253. The van der Waals surface area contributed by atoms with Crippen molar-refractivity contribution in [3.05, 3.63) is 29.6 Å². The van der Waals surface area contributed by atoms with Gasteiger partial charge in [0.15, 0.2) is 0 Å². The summed E-state index contributed by atoms with van der Waals surface area (Å²) >= 11 is 0. The number of hydrogen-bond donors (Lipinski definition) is 1. The van der Waals surface area contributed by atoms with Crippen LogP contribution in [-0.2, 0) is 0 Å². The van der Waals surface area contributed by atoms with E-state index in [2.05, 4.69) is 5.32 Å². The summed E-state index contributed by atoms with van der Waals surface area (Å²) in [6.45, 7) is 4.66. The smallest absolute Gasteiger partial charge is 0.129 e. The summed E-state index contributed by atoms with van der Waals surface area (Å²) in [5.74, 6) is 1.15. The van der Waals surface area contributed by atoms with E-state index in [1.54, 1.807) is 13.0 Å². The van der Waals surface area contributed by atoms with Crippen LogP contribution in [0, 0.1) is 18.7 Å². The van der Waals surface area contributed by atoms with Gasteiger partial charge in [0.05, 0.1) is 6.61 Å². The summed E-state index contributed by atoms with van der Waals surface area (Å²) in [4.78, 5) is 0. The molecule has 1 N–H and O–H groups in total. The van der Waals surface area contributed by atoms with Gasteiger partial charge in [0.1, 0.15) is 11.6 Å². The number of benzene rings is 1. The first-order valence-corrected chi connectivity index (χ1v) is 6.35. The van der Waals surface area contributed by atoms with E-state index in [0.29, 0.717) is 23.8 Å². The minimum atomic E-state index is -0.193. The van der Waals surface area contributed by atoms with Gasteiger partial charge in [0.2, 0.25) is 0 Å². The number of nitrogens with one attached hydrogen (secondary N) is 1. The van der Waals surface area contributed by atoms with Crippen molar-refractivity contribution < 1.29 is 9.13 Å². The molecule has 17 heavy (non-hydrogen) atoms. The Balaban J connectivity index is 1.75. The molecule has 0 bridgehead atoms. The zero-order chi connectivity index (χ0) is 12.1. The van der Waals surface area contributed by atoms with Crippen molar-refractivity contribution >= 4 is 0 Å². The quantitative estimate of drug-likeness (QED) is 0.869. The second-order valence-electron chi connectivity index (χ2n) is 4.76. The summed E-state index contributed by atoms with van der Waals surface area (Å²) in [6, 6.07) is 5.05. The molecule has 0 radical (unpaired) electrons. The highest BCUT2D eigenvalue weighted by molar-refractivity contribution is 5.27. The molecule has 0 spiro atoms. The minimum absolute atomic E-state index is 0.193. The van der Waals surface area contributed by atoms with Gasteiger partial charge in [-0.05, 0) is 56.8 Å². The zero-order valence-corrected chi connectivity index (χ0v) is 10.3. The molecule has 0 saturated carbocycles. The Morgan fingerprint density at radius 2 is 2.35 bits per heavy atom. The summed E-state index contributed by atoms with van der Waals surface area (Å²) in [6.07, 6.45) is 3.57. The van der Waals surface area contributed by atoms with E-state index in [0.717, 1.165) is 19.5 Å². The molecule has 94 valence electrons. The van der Waals surface area contributed by atoms with E-state index in [4.69, 9.17) is 4.74 Å². The van der Waals surface area contributed by atoms with Gasteiger partial charge in [0, 0.05) is 6.07 Å². The van der Waals surface area contributed by atoms with E-state index in [9.17, 15) is 4.39 Å². The molecule has 1 fully saturated rings. The first kappa shape index (κ1) is 12.4. The molecule has 1 heterocycles. The van der Waals surface area contributed by atoms with Crippen LogP contribution < -0.4 is 10.1 Å². The van der Waals surface area contributed by atoms with Crippen molar-refractivity contribution in [2.75, 3.05) is 19.7 Å². The average molecular weight is 237 g/mol. The van der Waals surface area contributed by atoms with Crippen LogP contribution in [0.15, 0.2) is 18.2 Å². The van der Waals surface area contributed by atoms with Crippen molar-refractivity contribution in [2.45, 2.75) is 26.2 Å².